The van der Waals surface area contributed by atoms with Crippen molar-refractivity contribution in [3.8, 4) is 18.1 Å². The summed E-state index contributed by atoms with van der Waals surface area (Å²) in [6.07, 6.45) is 3.46. The highest BCUT2D eigenvalue weighted by Gasteiger charge is 2.41. The van der Waals surface area contributed by atoms with E-state index in [1.54, 1.807) is 32.0 Å². The first-order valence-electron chi connectivity index (χ1n) is 12.0. The van der Waals surface area contributed by atoms with Gasteiger partial charge in [-0.1, -0.05) is 24.1 Å². The van der Waals surface area contributed by atoms with Gasteiger partial charge in [-0.25, -0.2) is 9.36 Å². The molecule has 1 aromatic heterocycles. The summed E-state index contributed by atoms with van der Waals surface area (Å²) in [6, 6.07) is 8.13. The Balaban J connectivity index is 2.25. The van der Waals surface area contributed by atoms with Crippen LogP contribution in [0.5, 0.6) is 5.75 Å². The van der Waals surface area contributed by atoms with Gasteiger partial charge in [-0.3, -0.25) is 23.7 Å². The molecule has 2 rings (SSSR count). The Morgan fingerprint density at radius 2 is 1.87 bits per heavy atom. The van der Waals surface area contributed by atoms with E-state index in [2.05, 4.69) is 16.0 Å². The van der Waals surface area contributed by atoms with Crippen LogP contribution >= 0.6 is 7.75 Å². The minimum atomic E-state index is -4.35. The zero-order chi connectivity index (χ0) is 29.2. The maximum atomic E-state index is 13.8. The van der Waals surface area contributed by atoms with E-state index < -0.39 is 68.1 Å². The maximum Gasteiger partial charge on any atom is 0.459 e. The average Bonchev–Trinajstić information content (AvgIpc) is 2.86. The average molecular weight is 568 g/mol. The number of ether oxygens (including phenoxy) is 2. The Labute approximate surface area is 225 Å². The van der Waals surface area contributed by atoms with Crippen LogP contribution in [0, 0.1) is 12.3 Å². The topological polar surface area (TPSA) is 178 Å². The fourth-order valence-electron chi connectivity index (χ4n) is 3.11. The molecular weight excluding hydrogens is 533 g/mol. The predicted octanol–water partition coefficient (Wildman–Crippen LogP) is 0.973. The first kappa shape index (κ1) is 32.0. The van der Waals surface area contributed by atoms with Crippen LogP contribution in [-0.2, 0) is 23.4 Å². The monoisotopic (exact) mass is 567 g/mol. The molecule has 0 aliphatic carbocycles. The highest BCUT2D eigenvalue weighted by atomic mass is 31.2. The van der Waals surface area contributed by atoms with Crippen molar-refractivity contribution in [3.63, 3.8) is 0 Å². The number of aromatic nitrogens is 2. The summed E-state index contributed by atoms with van der Waals surface area (Å²) in [5, 5.41) is 22.4. The molecule has 0 fully saturated rings. The zero-order valence-corrected chi connectivity index (χ0v) is 23.0. The highest BCUT2D eigenvalue weighted by Crippen LogP contribution is 2.46. The molecule has 0 aliphatic heterocycles. The Kier molecular flexibility index (Phi) is 11.7. The number of aliphatic hydroxyl groups is 2. The molecule has 1 unspecified atom stereocenters. The molecule has 1 aromatic carbocycles. The molecule has 0 bridgehead atoms. The predicted molar refractivity (Wildman–Crippen MR) is 141 cm³/mol. The standard InChI is InChI=1S/C25H34N3O10P/c1-6-18(28-13-12-22(31)26-24(28)33)15-35-21(20(30)14-29)16-36-39(34,38-19-10-8-7-9-11-19)27-25(4,5)23(32)37-17(2)3/h1,7-13,17-18,20-21,29-30H,14-16H2,2-5H3,(H,27,34)(H,26,31,33)/t18-,20+,21-,39?/m1/s1. The number of esters is 1. The number of para-hydroxylation sites is 1. The van der Waals surface area contributed by atoms with Crippen LogP contribution in [0.4, 0.5) is 0 Å². The molecule has 14 heteroatoms. The largest absolute Gasteiger partial charge is 0.462 e. The van der Waals surface area contributed by atoms with Crippen LogP contribution in [0.3, 0.4) is 0 Å². The maximum absolute atomic E-state index is 13.8. The summed E-state index contributed by atoms with van der Waals surface area (Å²) >= 11 is 0. The SMILES string of the molecule is C#C[C@H](CO[C@H](COP(=O)(NC(C)(C)C(=O)OC(C)C)Oc1ccccc1)[C@@H](O)CO)n1ccc(=O)[nH]c1=O. The highest BCUT2D eigenvalue weighted by molar-refractivity contribution is 7.52. The van der Waals surface area contributed by atoms with Gasteiger partial charge in [0, 0.05) is 12.3 Å². The van der Waals surface area contributed by atoms with E-state index in [1.165, 1.54) is 32.2 Å². The Hall–Kier alpha value is -3.24. The summed E-state index contributed by atoms with van der Waals surface area (Å²) in [4.78, 5) is 38.1. The van der Waals surface area contributed by atoms with Crippen molar-refractivity contribution in [1.29, 1.82) is 0 Å². The molecule has 4 atom stereocenters. The van der Waals surface area contributed by atoms with E-state index in [1.807, 2.05) is 0 Å². The number of terminal acetylenes is 1. The fourth-order valence-corrected chi connectivity index (χ4v) is 4.79. The minimum Gasteiger partial charge on any atom is -0.462 e. The van der Waals surface area contributed by atoms with Gasteiger partial charge in [0.05, 0.1) is 25.9 Å². The summed E-state index contributed by atoms with van der Waals surface area (Å²) in [6.45, 7) is 4.48. The number of nitrogens with zero attached hydrogens (tertiary/aromatic N) is 1. The van der Waals surface area contributed by atoms with Crippen molar-refractivity contribution in [1.82, 2.24) is 14.6 Å². The van der Waals surface area contributed by atoms with Crippen LogP contribution in [0.15, 0.2) is 52.2 Å². The molecule has 13 nitrogen and oxygen atoms in total. The van der Waals surface area contributed by atoms with Crippen LogP contribution < -0.4 is 20.9 Å². The summed E-state index contributed by atoms with van der Waals surface area (Å²) in [5.41, 5.74) is -2.91. The first-order chi connectivity index (χ1) is 18.3. The van der Waals surface area contributed by atoms with Crippen molar-refractivity contribution in [3.05, 3.63) is 63.4 Å². The van der Waals surface area contributed by atoms with Crippen molar-refractivity contribution in [2.75, 3.05) is 19.8 Å². The van der Waals surface area contributed by atoms with E-state index in [-0.39, 0.29) is 12.4 Å². The normalized spacial score (nSPS) is 15.5. The molecule has 39 heavy (non-hydrogen) atoms. The molecule has 0 spiro atoms. The number of benzene rings is 1. The van der Waals surface area contributed by atoms with E-state index in [9.17, 15) is 29.2 Å². The lowest BCUT2D eigenvalue weighted by Gasteiger charge is -2.31. The van der Waals surface area contributed by atoms with Gasteiger partial charge in [0.2, 0.25) is 0 Å². The molecule has 0 amide bonds. The number of H-pyrrole nitrogens is 1. The number of aromatic amines is 1. The smallest absolute Gasteiger partial charge is 0.459 e. The van der Waals surface area contributed by atoms with Gasteiger partial charge in [0.25, 0.3) is 5.56 Å². The van der Waals surface area contributed by atoms with Gasteiger partial charge in [-0.2, -0.15) is 5.09 Å². The Bertz CT molecular complexity index is 1290. The molecule has 1 heterocycles. The van der Waals surface area contributed by atoms with Crippen LogP contribution in [0.1, 0.15) is 33.7 Å². The summed E-state index contributed by atoms with van der Waals surface area (Å²) in [7, 11) is -4.35. The second-order valence-electron chi connectivity index (χ2n) is 9.21. The van der Waals surface area contributed by atoms with Crippen molar-refractivity contribution >= 4 is 13.7 Å². The number of rotatable bonds is 15. The van der Waals surface area contributed by atoms with Crippen molar-refractivity contribution < 1.29 is 38.1 Å². The lowest BCUT2D eigenvalue weighted by atomic mass is 10.1. The van der Waals surface area contributed by atoms with E-state index >= 15 is 0 Å². The van der Waals surface area contributed by atoms with Gasteiger partial charge < -0.3 is 24.2 Å². The number of nitrogens with one attached hydrogen (secondary N) is 2. The van der Waals surface area contributed by atoms with Gasteiger partial charge in [0.1, 0.15) is 29.5 Å². The summed E-state index contributed by atoms with van der Waals surface area (Å²) < 4.78 is 36.9. The third kappa shape index (κ3) is 9.78. The van der Waals surface area contributed by atoms with Crippen LogP contribution in [-0.4, -0.2) is 69.4 Å². The Morgan fingerprint density at radius 3 is 2.44 bits per heavy atom. The molecule has 214 valence electrons. The van der Waals surface area contributed by atoms with Crippen molar-refractivity contribution in [2.24, 2.45) is 0 Å². The third-order valence-corrected chi connectivity index (χ3v) is 6.88. The van der Waals surface area contributed by atoms with Crippen LogP contribution in [0.2, 0.25) is 0 Å². The molecule has 0 saturated carbocycles. The van der Waals surface area contributed by atoms with Crippen LogP contribution in [0.25, 0.3) is 0 Å². The summed E-state index contributed by atoms with van der Waals surface area (Å²) in [5.74, 6) is 1.78. The van der Waals surface area contributed by atoms with Crippen molar-refractivity contribution in [2.45, 2.75) is 57.6 Å². The number of hydrogen-bond donors (Lipinski definition) is 4. The van der Waals surface area contributed by atoms with E-state index in [0.29, 0.717) is 0 Å². The quantitative estimate of drug-likeness (QED) is 0.137. The van der Waals surface area contributed by atoms with Gasteiger partial charge in [-0.15, -0.1) is 6.42 Å². The number of aliphatic hydroxyl groups excluding tert-OH is 2. The molecule has 0 radical (unpaired) electrons. The number of hydrogen-bond acceptors (Lipinski definition) is 10. The van der Waals surface area contributed by atoms with Gasteiger partial charge >= 0.3 is 19.4 Å². The van der Waals surface area contributed by atoms with Gasteiger partial charge in [0.15, 0.2) is 0 Å². The first-order valence-corrected chi connectivity index (χ1v) is 13.5. The molecule has 4 N–H and O–H groups in total. The zero-order valence-electron chi connectivity index (χ0n) is 22.1. The fraction of sp³-hybridized carbons (Fsp3) is 0.480. The number of carbonyl (C=O) groups excluding carboxylic acids is 1. The lowest BCUT2D eigenvalue weighted by molar-refractivity contribution is -0.153. The molecule has 0 saturated heterocycles. The minimum absolute atomic E-state index is 0.159. The second kappa shape index (κ2) is 14.2. The van der Waals surface area contributed by atoms with E-state index in [4.69, 9.17) is 24.9 Å². The lowest BCUT2D eigenvalue weighted by Crippen LogP contribution is -2.48. The Morgan fingerprint density at radius 1 is 1.21 bits per heavy atom. The van der Waals surface area contributed by atoms with E-state index in [0.717, 1.165) is 10.6 Å². The van der Waals surface area contributed by atoms with Gasteiger partial charge in [-0.05, 0) is 39.8 Å². The second-order valence-corrected chi connectivity index (χ2v) is 10.9. The molecule has 0 aliphatic rings. The number of carbonyl (C=O) groups is 1. The third-order valence-electron chi connectivity index (χ3n) is 5.11. The molecule has 2 aromatic rings. The molecular formula is C25H34N3O10P.